The van der Waals surface area contributed by atoms with Crippen LogP contribution in [0.4, 0.5) is 0 Å². The van der Waals surface area contributed by atoms with Crippen LogP contribution in [0.3, 0.4) is 0 Å². The molecule has 0 atom stereocenters. The molecule has 0 saturated carbocycles. The third kappa shape index (κ3) is 6.20. The number of esters is 1. The highest BCUT2D eigenvalue weighted by Crippen LogP contribution is 2.12. The lowest BCUT2D eigenvalue weighted by atomic mass is 10.1. The maximum Gasteiger partial charge on any atom is 0.338 e. The molecule has 2 aromatic carbocycles. The molecule has 0 saturated heterocycles. The summed E-state index contributed by atoms with van der Waals surface area (Å²) in [6.45, 7) is 8.19. The van der Waals surface area contributed by atoms with Crippen molar-refractivity contribution in [3.05, 3.63) is 88.2 Å². The quantitative estimate of drug-likeness (QED) is 0.322. The topological polar surface area (TPSA) is 80.5 Å². The molecule has 0 aliphatic heterocycles. The van der Waals surface area contributed by atoms with Crippen molar-refractivity contribution < 1.29 is 9.53 Å². The summed E-state index contributed by atoms with van der Waals surface area (Å²) >= 11 is 0. The molecule has 2 N–H and O–H groups in total. The Kier molecular flexibility index (Phi) is 8.02. The minimum absolute atomic E-state index is 0.254. The second-order valence-electron chi connectivity index (χ2n) is 7.58. The molecule has 3 aromatic rings. The second-order valence-corrected chi connectivity index (χ2v) is 7.58. The number of hydrogen-bond donors (Lipinski definition) is 2. The summed E-state index contributed by atoms with van der Waals surface area (Å²) in [4.78, 5) is 17.1. The SMILES string of the molecule is CCNC(=NCc1cccc(C(=O)OCc2ccccc2)c1)NCc1c(C)nn(C)c1C. The minimum Gasteiger partial charge on any atom is -0.457 e. The summed E-state index contributed by atoms with van der Waals surface area (Å²) in [6.07, 6.45) is 0. The van der Waals surface area contributed by atoms with Gasteiger partial charge in [0.1, 0.15) is 6.61 Å². The number of nitrogens with zero attached hydrogens (tertiary/aromatic N) is 3. The van der Waals surface area contributed by atoms with Crippen LogP contribution in [-0.4, -0.2) is 28.3 Å². The fraction of sp³-hybridized carbons (Fsp3) is 0.320. The van der Waals surface area contributed by atoms with Crippen LogP contribution in [0.2, 0.25) is 0 Å². The van der Waals surface area contributed by atoms with Crippen LogP contribution in [0, 0.1) is 13.8 Å². The standard InChI is InChI=1S/C25H31N5O2/c1-5-26-25(28-16-23-18(2)29-30(4)19(23)3)27-15-21-12-9-13-22(14-21)24(31)32-17-20-10-7-6-8-11-20/h6-14H,5,15-17H2,1-4H3,(H2,26,27,28). The number of aromatic nitrogens is 2. The maximum absolute atomic E-state index is 12.4. The number of nitrogens with one attached hydrogen (secondary N) is 2. The van der Waals surface area contributed by atoms with Gasteiger partial charge in [0.15, 0.2) is 5.96 Å². The van der Waals surface area contributed by atoms with Crippen molar-refractivity contribution in [3.8, 4) is 0 Å². The van der Waals surface area contributed by atoms with Gasteiger partial charge in [-0.2, -0.15) is 5.10 Å². The van der Waals surface area contributed by atoms with Crippen molar-refractivity contribution in [2.75, 3.05) is 6.54 Å². The molecule has 1 heterocycles. The van der Waals surface area contributed by atoms with Crippen molar-refractivity contribution in [2.45, 2.75) is 40.5 Å². The van der Waals surface area contributed by atoms with E-state index >= 15 is 0 Å². The minimum atomic E-state index is -0.341. The van der Waals surface area contributed by atoms with E-state index in [0.717, 1.165) is 29.1 Å². The summed E-state index contributed by atoms with van der Waals surface area (Å²) < 4.78 is 7.33. The fourth-order valence-electron chi connectivity index (χ4n) is 3.36. The van der Waals surface area contributed by atoms with E-state index in [4.69, 9.17) is 4.74 Å². The number of ether oxygens (including phenoxy) is 1. The molecule has 1 aromatic heterocycles. The summed E-state index contributed by atoms with van der Waals surface area (Å²) in [5.41, 5.74) is 5.73. The molecule has 0 fully saturated rings. The third-order valence-electron chi connectivity index (χ3n) is 5.23. The highest BCUT2D eigenvalue weighted by Gasteiger charge is 2.11. The molecule has 0 bridgehead atoms. The van der Waals surface area contributed by atoms with Crippen LogP contribution in [0.25, 0.3) is 0 Å². The van der Waals surface area contributed by atoms with E-state index in [-0.39, 0.29) is 12.6 Å². The second kappa shape index (κ2) is 11.1. The van der Waals surface area contributed by atoms with Crippen molar-refractivity contribution in [1.29, 1.82) is 0 Å². The van der Waals surface area contributed by atoms with Crippen LogP contribution in [0.5, 0.6) is 0 Å². The highest BCUT2D eigenvalue weighted by molar-refractivity contribution is 5.89. The van der Waals surface area contributed by atoms with Gasteiger partial charge in [-0.25, -0.2) is 9.79 Å². The van der Waals surface area contributed by atoms with Crippen molar-refractivity contribution >= 4 is 11.9 Å². The first-order valence-electron chi connectivity index (χ1n) is 10.8. The zero-order valence-electron chi connectivity index (χ0n) is 19.2. The Morgan fingerprint density at radius 2 is 1.81 bits per heavy atom. The Morgan fingerprint density at radius 1 is 1.06 bits per heavy atom. The van der Waals surface area contributed by atoms with Crippen molar-refractivity contribution in [3.63, 3.8) is 0 Å². The predicted molar refractivity (Wildman–Crippen MR) is 126 cm³/mol. The Hall–Kier alpha value is -3.61. The predicted octanol–water partition coefficient (Wildman–Crippen LogP) is 3.65. The van der Waals surface area contributed by atoms with Gasteiger partial charge in [-0.05, 0) is 44.0 Å². The molecule has 0 unspecified atom stereocenters. The summed E-state index contributed by atoms with van der Waals surface area (Å²) in [5, 5.41) is 11.1. The Labute approximate surface area is 189 Å². The van der Waals surface area contributed by atoms with Crippen molar-refractivity contribution in [2.24, 2.45) is 12.0 Å². The van der Waals surface area contributed by atoms with E-state index in [1.165, 1.54) is 5.56 Å². The number of benzene rings is 2. The number of aliphatic imine (C=N–C) groups is 1. The van der Waals surface area contributed by atoms with E-state index in [0.29, 0.717) is 24.6 Å². The molecule has 0 spiro atoms. The first-order valence-corrected chi connectivity index (χ1v) is 10.8. The fourth-order valence-corrected chi connectivity index (χ4v) is 3.36. The Bertz CT molecular complexity index is 1070. The molecule has 168 valence electrons. The number of rotatable bonds is 8. The normalized spacial score (nSPS) is 11.3. The van der Waals surface area contributed by atoms with E-state index < -0.39 is 0 Å². The average molecular weight is 434 g/mol. The van der Waals surface area contributed by atoms with Gasteiger partial charge in [-0.1, -0.05) is 42.5 Å². The van der Waals surface area contributed by atoms with E-state index in [1.807, 2.05) is 74.1 Å². The molecular formula is C25H31N5O2. The third-order valence-corrected chi connectivity index (χ3v) is 5.23. The number of carbonyl (C=O) groups excluding carboxylic acids is 1. The van der Waals surface area contributed by atoms with Crippen LogP contribution in [0.1, 0.15) is 45.4 Å². The molecule has 0 radical (unpaired) electrons. The van der Waals surface area contributed by atoms with Gasteiger partial charge < -0.3 is 15.4 Å². The molecule has 3 rings (SSSR count). The Balaban J connectivity index is 1.62. The van der Waals surface area contributed by atoms with Crippen LogP contribution in [-0.2, 0) is 31.5 Å². The van der Waals surface area contributed by atoms with Gasteiger partial charge in [0.05, 0.1) is 17.8 Å². The largest absolute Gasteiger partial charge is 0.457 e. The number of aryl methyl sites for hydroxylation is 2. The van der Waals surface area contributed by atoms with Gasteiger partial charge in [0.2, 0.25) is 0 Å². The molecule has 7 heteroatoms. The van der Waals surface area contributed by atoms with Gasteiger partial charge >= 0.3 is 5.97 Å². The lowest BCUT2D eigenvalue weighted by Crippen LogP contribution is -2.37. The van der Waals surface area contributed by atoms with Crippen LogP contribution < -0.4 is 10.6 Å². The Morgan fingerprint density at radius 3 is 2.50 bits per heavy atom. The number of hydrogen-bond acceptors (Lipinski definition) is 4. The summed E-state index contributed by atoms with van der Waals surface area (Å²) in [6, 6.07) is 17.1. The molecule has 0 amide bonds. The summed E-state index contributed by atoms with van der Waals surface area (Å²) in [5.74, 6) is 0.374. The van der Waals surface area contributed by atoms with Gasteiger partial charge in [0.25, 0.3) is 0 Å². The summed E-state index contributed by atoms with van der Waals surface area (Å²) in [7, 11) is 1.95. The molecule has 0 aliphatic carbocycles. The smallest absolute Gasteiger partial charge is 0.338 e. The maximum atomic E-state index is 12.4. The molecule has 7 nitrogen and oxygen atoms in total. The highest BCUT2D eigenvalue weighted by atomic mass is 16.5. The molecule has 0 aliphatic rings. The van der Waals surface area contributed by atoms with E-state index in [2.05, 4.69) is 27.6 Å². The first kappa shape index (κ1) is 23.1. The zero-order valence-corrected chi connectivity index (χ0v) is 19.2. The van der Waals surface area contributed by atoms with E-state index in [9.17, 15) is 4.79 Å². The van der Waals surface area contributed by atoms with E-state index in [1.54, 1.807) is 6.07 Å². The molecular weight excluding hydrogens is 402 g/mol. The zero-order chi connectivity index (χ0) is 22.9. The van der Waals surface area contributed by atoms with Gasteiger partial charge in [-0.3, -0.25) is 4.68 Å². The lowest BCUT2D eigenvalue weighted by molar-refractivity contribution is 0.0472. The lowest BCUT2D eigenvalue weighted by Gasteiger charge is -2.12. The number of guanidine groups is 1. The van der Waals surface area contributed by atoms with Gasteiger partial charge in [-0.15, -0.1) is 0 Å². The molecule has 32 heavy (non-hydrogen) atoms. The monoisotopic (exact) mass is 433 g/mol. The number of carbonyl (C=O) groups is 1. The van der Waals surface area contributed by atoms with Crippen LogP contribution in [0.15, 0.2) is 59.6 Å². The first-order chi connectivity index (χ1) is 15.5. The van der Waals surface area contributed by atoms with Crippen LogP contribution >= 0.6 is 0 Å². The van der Waals surface area contributed by atoms with Gasteiger partial charge in [0, 0.05) is 31.4 Å². The average Bonchev–Trinajstić information content (AvgIpc) is 3.05. The van der Waals surface area contributed by atoms with Crippen molar-refractivity contribution in [1.82, 2.24) is 20.4 Å².